The lowest BCUT2D eigenvalue weighted by Gasteiger charge is -2.29. The highest BCUT2D eigenvalue weighted by atomic mass is 35.5. The number of amides is 1. The van der Waals surface area contributed by atoms with Gasteiger partial charge in [-0.3, -0.25) is 9.10 Å². The second-order valence-electron chi connectivity index (χ2n) is 6.67. The first kappa shape index (κ1) is 22.0. The molecule has 0 bridgehead atoms. The van der Waals surface area contributed by atoms with E-state index in [0.29, 0.717) is 10.7 Å². The molecule has 0 spiro atoms. The number of ether oxygens (including phenoxy) is 1. The Labute approximate surface area is 171 Å². The minimum atomic E-state index is -3.70. The summed E-state index contributed by atoms with van der Waals surface area (Å²) in [5.74, 6) is 0.306. The highest BCUT2D eigenvalue weighted by Gasteiger charge is 2.30. The Hall–Kier alpha value is -2.25. The van der Waals surface area contributed by atoms with E-state index in [4.69, 9.17) is 16.3 Å². The first-order valence-electron chi connectivity index (χ1n) is 8.74. The van der Waals surface area contributed by atoms with Gasteiger partial charge in [0.05, 0.1) is 25.1 Å². The summed E-state index contributed by atoms with van der Waals surface area (Å²) in [6.45, 7) is 5.20. The second-order valence-corrected chi connectivity index (χ2v) is 8.94. The summed E-state index contributed by atoms with van der Waals surface area (Å²) in [4.78, 5) is 12.8. The zero-order chi connectivity index (χ0) is 21.1. The average molecular weight is 425 g/mol. The normalized spacial score (nSPS) is 13.5. The van der Waals surface area contributed by atoms with Crippen molar-refractivity contribution in [3.05, 3.63) is 58.6 Å². The lowest BCUT2D eigenvalue weighted by atomic mass is 10.1. The van der Waals surface area contributed by atoms with Crippen LogP contribution in [0.4, 0.5) is 5.69 Å². The summed E-state index contributed by atoms with van der Waals surface area (Å²) < 4.78 is 31.0. The Balaban J connectivity index is 2.24. The molecule has 2 unspecified atom stereocenters. The van der Waals surface area contributed by atoms with Crippen LogP contribution in [0, 0.1) is 6.92 Å². The average Bonchev–Trinajstić information content (AvgIpc) is 2.63. The van der Waals surface area contributed by atoms with Gasteiger partial charge in [0.25, 0.3) is 0 Å². The van der Waals surface area contributed by atoms with Crippen LogP contribution in [0.1, 0.15) is 31.0 Å². The van der Waals surface area contributed by atoms with Crippen LogP contribution in [0.2, 0.25) is 5.02 Å². The van der Waals surface area contributed by atoms with Crippen molar-refractivity contribution < 1.29 is 17.9 Å². The highest BCUT2D eigenvalue weighted by Crippen LogP contribution is 2.27. The standard InChI is InChI=1S/C20H25ClN2O4S/c1-13-6-9-17(12-19(13)21)23(28(5,25)26)15(3)20(24)22-14(2)16-7-10-18(27-4)11-8-16/h6-12,14-15H,1-5H3,(H,22,24). The van der Waals surface area contributed by atoms with E-state index in [-0.39, 0.29) is 6.04 Å². The highest BCUT2D eigenvalue weighted by molar-refractivity contribution is 7.92. The molecule has 0 saturated heterocycles. The smallest absolute Gasteiger partial charge is 0.244 e. The third-order valence-electron chi connectivity index (χ3n) is 4.47. The Morgan fingerprint density at radius 1 is 1.14 bits per heavy atom. The molecule has 0 radical (unpaired) electrons. The van der Waals surface area contributed by atoms with Gasteiger partial charge in [0.2, 0.25) is 15.9 Å². The summed E-state index contributed by atoms with van der Waals surface area (Å²) in [5, 5.41) is 3.30. The van der Waals surface area contributed by atoms with Crippen molar-refractivity contribution in [3.8, 4) is 5.75 Å². The zero-order valence-corrected chi connectivity index (χ0v) is 18.1. The number of nitrogens with one attached hydrogen (secondary N) is 1. The van der Waals surface area contributed by atoms with Crippen molar-refractivity contribution in [1.82, 2.24) is 5.32 Å². The Morgan fingerprint density at radius 2 is 1.75 bits per heavy atom. The molecule has 6 nitrogen and oxygen atoms in total. The quantitative estimate of drug-likeness (QED) is 0.735. The third kappa shape index (κ3) is 5.17. The Bertz CT molecular complexity index is 945. The van der Waals surface area contributed by atoms with E-state index in [2.05, 4.69) is 5.32 Å². The van der Waals surface area contributed by atoms with Gasteiger partial charge in [0.1, 0.15) is 11.8 Å². The molecule has 0 heterocycles. The van der Waals surface area contributed by atoms with Gasteiger partial charge in [-0.25, -0.2) is 8.42 Å². The molecular weight excluding hydrogens is 400 g/mol. The van der Waals surface area contributed by atoms with Crippen molar-refractivity contribution in [1.29, 1.82) is 0 Å². The molecule has 2 aromatic rings. The van der Waals surface area contributed by atoms with Crippen LogP contribution in [0.25, 0.3) is 0 Å². The maximum absolute atomic E-state index is 12.8. The fraction of sp³-hybridized carbons (Fsp3) is 0.350. The van der Waals surface area contributed by atoms with E-state index >= 15 is 0 Å². The van der Waals surface area contributed by atoms with Crippen LogP contribution in [-0.2, 0) is 14.8 Å². The topological polar surface area (TPSA) is 75.7 Å². The molecule has 0 aliphatic carbocycles. The molecule has 2 rings (SSSR count). The van der Waals surface area contributed by atoms with Crippen molar-refractivity contribution in [2.24, 2.45) is 0 Å². The Morgan fingerprint density at radius 3 is 2.25 bits per heavy atom. The van der Waals surface area contributed by atoms with Gasteiger partial charge in [-0.15, -0.1) is 0 Å². The van der Waals surface area contributed by atoms with E-state index in [1.54, 1.807) is 44.4 Å². The molecule has 2 atom stereocenters. The van der Waals surface area contributed by atoms with Crippen LogP contribution in [-0.4, -0.2) is 33.7 Å². The Kier molecular flexibility index (Phi) is 6.96. The number of carbonyl (C=O) groups excluding carboxylic acids is 1. The van der Waals surface area contributed by atoms with Crippen LogP contribution in [0.3, 0.4) is 0 Å². The number of benzene rings is 2. The largest absolute Gasteiger partial charge is 0.497 e. The first-order chi connectivity index (χ1) is 13.0. The fourth-order valence-electron chi connectivity index (χ4n) is 2.84. The summed E-state index contributed by atoms with van der Waals surface area (Å²) in [5.41, 5.74) is 2.05. The van der Waals surface area contributed by atoms with Crippen LogP contribution in [0.5, 0.6) is 5.75 Å². The molecule has 0 aliphatic heterocycles. The fourth-order valence-corrected chi connectivity index (χ4v) is 4.18. The maximum atomic E-state index is 12.8. The van der Waals surface area contributed by atoms with Gasteiger partial charge in [-0.1, -0.05) is 29.8 Å². The van der Waals surface area contributed by atoms with E-state index in [1.165, 1.54) is 0 Å². The maximum Gasteiger partial charge on any atom is 0.244 e. The molecule has 8 heteroatoms. The molecule has 0 aromatic heterocycles. The molecule has 28 heavy (non-hydrogen) atoms. The number of sulfonamides is 1. The number of methoxy groups -OCH3 is 1. The number of nitrogens with zero attached hydrogens (tertiary/aromatic N) is 1. The van der Waals surface area contributed by atoms with Gasteiger partial charge in [0, 0.05) is 5.02 Å². The molecule has 152 valence electrons. The summed E-state index contributed by atoms with van der Waals surface area (Å²) in [7, 11) is -2.12. The number of carbonyl (C=O) groups is 1. The predicted molar refractivity (Wildman–Crippen MR) is 113 cm³/mol. The van der Waals surface area contributed by atoms with Gasteiger partial charge in [-0.2, -0.15) is 0 Å². The minimum Gasteiger partial charge on any atom is -0.497 e. The molecular formula is C20H25ClN2O4S. The molecule has 0 saturated carbocycles. The van der Waals surface area contributed by atoms with E-state index in [0.717, 1.165) is 27.4 Å². The molecule has 1 amide bonds. The molecule has 2 aromatic carbocycles. The monoisotopic (exact) mass is 424 g/mol. The number of hydrogen-bond donors (Lipinski definition) is 1. The van der Waals surface area contributed by atoms with Crippen LogP contribution >= 0.6 is 11.6 Å². The summed E-state index contributed by atoms with van der Waals surface area (Å²) in [6, 6.07) is 11.0. The third-order valence-corrected chi connectivity index (χ3v) is 6.12. The minimum absolute atomic E-state index is 0.302. The zero-order valence-electron chi connectivity index (χ0n) is 16.6. The molecule has 0 aliphatic rings. The van der Waals surface area contributed by atoms with Crippen LogP contribution in [0.15, 0.2) is 42.5 Å². The predicted octanol–water partition coefficient (Wildman–Crippen LogP) is 3.69. The van der Waals surface area contributed by atoms with Gasteiger partial charge in [0.15, 0.2) is 0 Å². The number of hydrogen-bond acceptors (Lipinski definition) is 4. The first-order valence-corrected chi connectivity index (χ1v) is 11.0. The van der Waals surface area contributed by atoms with E-state index in [1.807, 2.05) is 26.0 Å². The van der Waals surface area contributed by atoms with Crippen molar-refractivity contribution >= 4 is 33.2 Å². The van der Waals surface area contributed by atoms with Gasteiger partial charge >= 0.3 is 0 Å². The van der Waals surface area contributed by atoms with Gasteiger partial charge < -0.3 is 10.1 Å². The van der Waals surface area contributed by atoms with E-state index in [9.17, 15) is 13.2 Å². The number of halogens is 1. The number of rotatable bonds is 7. The van der Waals surface area contributed by atoms with Crippen LogP contribution < -0.4 is 14.4 Å². The van der Waals surface area contributed by atoms with E-state index < -0.39 is 22.0 Å². The lowest BCUT2D eigenvalue weighted by Crippen LogP contribution is -2.48. The summed E-state index contributed by atoms with van der Waals surface area (Å²) >= 11 is 6.15. The number of anilines is 1. The SMILES string of the molecule is COc1ccc(C(C)NC(=O)C(C)N(c2ccc(C)c(Cl)c2)S(C)(=O)=O)cc1. The second kappa shape index (κ2) is 8.84. The van der Waals surface area contributed by atoms with Gasteiger partial charge in [-0.05, 0) is 56.2 Å². The number of aryl methyl sites for hydroxylation is 1. The van der Waals surface area contributed by atoms with Crippen molar-refractivity contribution in [2.45, 2.75) is 32.9 Å². The molecule has 1 N–H and O–H groups in total. The summed E-state index contributed by atoms with van der Waals surface area (Å²) in [6.07, 6.45) is 1.07. The van der Waals surface area contributed by atoms with Crippen molar-refractivity contribution in [3.63, 3.8) is 0 Å². The lowest BCUT2D eigenvalue weighted by molar-refractivity contribution is -0.122. The molecule has 0 fully saturated rings. The van der Waals surface area contributed by atoms with Crippen molar-refractivity contribution in [2.75, 3.05) is 17.7 Å².